The fourth-order valence-electron chi connectivity index (χ4n) is 0.776. The Labute approximate surface area is 64.1 Å². The molecule has 2 N–H and O–H groups in total. The summed E-state index contributed by atoms with van der Waals surface area (Å²) in [5, 5.41) is 3.45. The van der Waals surface area contributed by atoms with Gasteiger partial charge in [0.1, 0.15) is 0 Å². The van der Waals surface area contributed by atoms with Gasteiger partial charge in [-0.1, -0.05) is 5.16 Å². The molecule has 0 saturated heterocycles. The first kappa shape index (κ1) is 8.00. The lowest BCUT2D eigenvalue weighted by Crippen LogP contribution is -2.23. The number of hydrogen-bond acceptors (Lipinski definition) is 4. The quantitative estimate of drug-likeness (QED) is 0.607. The molecular formula is C6H10N2O3. The molecule has 1 heterocycles. The van der Waals surface area contributed by atoms with E-state index in [-0.39, 0.29) is 5.71 Å². The predicted octanol–water partition coefficient (Wildman–Crippen LogP) is -0.389. The standard InChI is InChI=1S/C6H10N2O3/c1-2-10-5-3-4(6(7)9)8-11-5/h5H,2-3H2,1H3,(H2,7,9). The molecule has 1 atom stereocenters. The smallest absolute Gasteiger partial charge is 0.266 e. The van der Waals surface area contributed by atoms with Gasteiger partial charge in [0, 0.05) is 6.61 Å². The van der Waals surface area contributed by atoms with Crippen molar-refractivity contribution in [3.63, 3.8) is 0 Å². The third kappa shape index (κ3) is 1.91. The molecule has 62 valence electrons. The van der Waals surface area contributed by atoms with Crippen molar-refractivity contribution >= 4 is 11.6 Å². The highest BCUT2D eigenvalue weighted by molar-refractivity contribution is 6.38. The van der Waals surface area contributed by atoms with Crippen LogP contribution >= 0.6 is 0 Å². The summed E-state index contributed by atoms with van der Waals surface area (Å²) in [6, 6.07) is 0. The molecule has 0 aromatic carbocycles. The van der Waals surface area contributed by atoms with Crippen molar-refractivity contribution in [2.45, 2.75) is 19.6 Å². The zero-order valence-electron chi connectivity index (χ0n) is 6.24. The van der Waals surface area contributed by atoms with Crippen LogP contribution in [-0.4, -0.2) is 24.5 Å². The topological polar surface area (TPSA) is 73.9 Å². The zero-order valence-corrected chi connectivity index (χ0v) is 6.24. The average Bonchev–Trinajstić information content (AvgIpc) is 2.37. The lowest BCUT2D eigenvalue weighted by atomic mass is 10.2. The van der Waals surface area contributed by atoms with Crippen LogP contribution in [0.1, 0.15) is 13.3 Å². The highest BCUT2D eigenvalue weighted by atomic mass is 16.8. The zero-order chi connectivity index (χ0) is 8.27. The molecule has 11 heavy (non-hydrogen) atoms. The first-order chi connectivity index (χ1) is 5.24. The maximum absolute atomic E-state index is 10.5. The van der Waals surface area contributed by atoms with Crippen LogP contribution in [0.25, 0.3) is 0 Å². The van der Waals surface area contributed by atoms with Crippen LogP contribution < -0.4 is 5.73 Å². The second-order valence-corrected chi connectivity index (χ2v) is 2.10. The van der Waals surface area contributed by atoms with Crippen LogP contribution in [0.2, 0.25) is 0 Å². The van der Waals surface area contributed by atoms with Gasteiger partial charge in [0.15, 0.2) is 5.71 Å². The molecule has 0 radical (unpaired) electrons. The Morgan fingerprint density at radius 3 is 3.18 bits per heavy atom. The third-order valence-corrected chi connectivity index (χ3v) is 1.28. The summed E-state index contributed by atoms with van der Waals surface area (Å²) < 4.78 is 5.04. The van der Waals surface area contributed by atoms with Crippen LogP contribution in [0.5, 0.6) is 0 Å². The fraction of sp³-hybridized carbons (Fsp3) is 0.667. The monoisotopic (exact) mass is 158 g/mol. The Morgan fingerprint density at radius 2 is 2.73 bits per heavy atom. The van der Waals surface area contributed by atoms with E-state index in [1.807, 2.05) is 6.92 Å². The molecule has 1 amide bonds. The number of ether oxygens (including phenoxy) is 1. The van der Waals surface area contributed by atoms with Crippen molar-refractivity contribution in [2.24, 2.45) is 10.9 Å². The van der Waals surface area contributed by atoms with Crippen molar-refractivity contribution in [1.82, 2.24) is 0 Å². The van der Waals surface area contributed by atoms with Gasteiger partial charge in [-0.05, 0) is 6.92 Å². The Kier molecular flexibility index (Phi) is 2.43. The van der Waals surface area contributed by atoms with Gasteiger partial charge < -0.3 is 15.3 Å². The molecule has 0 fully saturated rings. The van der Waals surface area contributed by atoms with Crippen molar-refractivity contribution < 1.29 is 14.4 Å². The number of hydrogen-bond donors (Lipinski definition) is 1. The number of amides is 1. The number of carbonyl (C=O) groups is 1. The van der Waals surface area contributed by atoms with Gasteiger partial charge in [0.05, 0.1) is 6.42 Å². The molecule has 1 aliphatic heterocycles. The van der Waals surface area contributed by atoms with Crippen LogP contribution in [0.15, 0.2) is 5.16 Å². The van der Waals surface area contributed by atoms with Crippen molar-refractivity contribution in [1.29, 1.82) is 0 Å². The highest BCUT2D eigenvalue weighted by Gasteiger charge is 2.24. The molecule has 0 aromatic rings. The van der Waals surface area contributed by atoms with Crippen LogP contribution in [0.3, 0.4) is 0 Å². The van der Waals surface area contributed by atoms with Gasteiger partial charge in [-0.25, -0.2) is 0 Å². The van der Waals surface area contributed by atoms with E-state index in [1.54, 1.807) is 0 Å². The fourth-order valence-corrected chi connectivity index (χ4v) is 0.776. The molecule has 5 heteroatoms. The van der Waals surface area contributed by atoms with E-state index in [4.69, 9.17) is 15.3 Å². The molecule has 0 aliphatic carbocycles. The van der Waals surface area contributed by atoms with E-state index in [9.17, 15) is 4.79 Å². The summed E-state index contributed by atoms with van der Waals surface area (Å²) in [7, 11) is 0. The minimum absolute atomic E-state index is 0.239. The summed E-state index contributed by atoms with van der Waals surface area (Å²) >= 11 is 0. The number of rotatable bonds is 3. The van der Waals surface area contributed by atoms with E-state index in [0.29, 0.717) is 13.0 Å². The van der Waals surface area contributed by atoms with Gasteiger partial charge >= 0.3 is 0 Å². The molecule has 0 spiro atoms. The van der Waals surface area contributed by atoms with Gasteiger partial charge in [-0.2, -0.15) is 0 Å². The number of nitrogens with two attached hydrogens (primary N) is 1. The minimum atomic E-state index is -0.549. The summed E-state index contributed by atoms with van der Waals surface area (Å²) in [5.41, 5.74) is 5.19. The number of carbonyl (C=O) groups excluding carboxylic acids is 1. The Balaban J connectivity index is 2.37. The summed E-state index contributed by atoms with van der Waals surface area (Å²) in [6.45, 7) is 2.37. The first-order valence-electron chi connectivity index (χ1n) is 3.38. The van der Waals surface area contributed by atoms with E-state index < -0.39 is 12.2 Å². The maximum Gasteiger partial charge on any atom is 0.266 e. The maximum atomic E-state index is 10.5. The molecule has 0 bridgehead atoms. The molecule has 1 unspecified atom stereocenters. The normalized spacial score (nSPS) is 22.6. The van der Waals surface area contributed by atoms with Gasteiger partial charge in [-0.3, -0.25) is 4.79 Å². The van der Waals surface area contributed by atoms with Gasteiger partial charge in [0.2, 0.25) is 6.29 Å². The van der Waals surface area contributed by atoms with E-state index in [2.05, 4.69) is 5.16 Å². The van der Waals surface area contributed by atoms with Crippen molar-refractivity contribution in [3.8, 4) is 0 Å². The first-order valence-corrected chi connectivity index (χ1v) is 3.38. The Morgan fingerprint density at radius 1 is 2.00 bits per heavy atom. The lowest BCUT2D eigenvalue weighted by Gasteiger charge is -2.05. The Hall–Kier alpha value is -1.10. The number of nitrogens with zero attached hydrogens (tertiary/aromatic N) is 1. The molecule has 5 nitrogen and oxygen atoms in total. The van der Waals surface area contributed by atoms with Crippen LogP contribution in [0.4, 0.5) is 0 Å². The number of primary amides is 1. The second-order valence-electron chi connectivity index (χ2n) is 2.10. The largest absolute Gasteiger partial charge is 0.364 e. The summed E-state index contributed by atoms with van der Waals surface area (Å²) in [6.07, 6.45) is -0.0779. The van der Waals surface area contributed by atoms with E-state index in [0.717, 1.165) is 0 Å². The van der Waals surface area contributed by atoms with E-state index in [1.165, 1.54) is 0 Å². The van der Waals surface area contributed by atoms with Crippen LogP contribution in [0, 0.1) is 0 Å². The van der Waals surface area contributed by atoms with Crippen LogP contribution in [-0.2, 0) is 14.4 Å². The molecule has 0 saturated carbocycles. The molecule has 1 rings (SSSR count). The highest BCUT2D eigenvalue weighted by Crippen LogP contribution is 2.10. The van der Waals surface area contributed by atoms with Crippen molar-refractivity contribution in [2.75, 3.05) is 6.61 Å². The molecular weight excluding hydrogens is 148 g/mol. The number of oxime groups is 1. The molecule has 0 aromatic heterocycles. The van der Waals surface area contributed by atoms with Crippen molar-refractivity contribution in [3.05, 3.63) is 0 Å². The van der Waals surface area contributed by atoms with E-state index >= 15 is 0 Å². The second kappa shape index (κ2) is 3.34. The lowest BCUT2D eigenvalue weighted by molar-refractivity contribution is -0.120. The van der Waals surface area contributed by atoms with Gasteiger partial charge in [-0.15, -0.1) is 0 Å². The summed E-state index contributed by atoms with van der Waals surface area (Å²) in [4.78, 5) is 15.2. The Bertz CT molecular complexity index is 190. The average molecular weight is 158 g/mol. The molecule has 1 aliphatic rings. The third-order valence-electron chi connectivity index (χ3n) is 1.28. The SMILES string of the molecule is CCOC1CC(C(N)=O)=NO1. The van der Waals surface area contributed by atoms with Gasteiger partial charge in [0.25, 0.3) is 5.91 Å². The summed E-state index contributed by atoms with van der Waals surface area (Å²) in [5.74, 6) is -0.549. The predicted molar refractivity (Wildman–Crippen MR) is 37.7 cm³/mol. The minimum Gasteiger partial charge on any atom is -0.364 e.